The number of rotatable bonds is 10. The van der Waals surface area contributed by atoms with Gasteiger partial charge in [-0.2, -0.15) is 11.3 Å². The molecule has 3 aliphatic rings. The Hall–Kier alpha value is -11.8. The number of thiophene rings is 3. The molecule has 564 valence electrons. The first-order valence-corrected chi connectivity index (χ1v) is 43.2. The van der Waals surface area contributed by atoms with Crippen molar-refractivity contribution in [1.29, 1.82) is 0 Å². The molecule has 18 aromatic rings. The molecular weight excluding hydrogens is 1460 g/mol. The maximum absolute atomic E-state index is 6.61. The van der Waals surface area contributed by atoms with Crippen molar-refractivity contribution in [3.63, 3.8) is 0 Å². The lowest BCUT2D eigenvalue weighted by molar-refractivity contribution is 0.465. The summed E-state index contributed by atoms with van der Waals surface area (Å²) in [5.74, 6) is 3.53. The van der Waals surface area contributed by atoms with Gasteiger partial charge in [0.05, 0.1) is 44.1 Å². The molecule has 0 bridgehead atoms. The zero-order valence-corrected chi connectivity index (χ0v) is 70.8. The second-order valence-corrected chi connectivity index (χ2v) is 35.5. The van der Waals surface area contributed by atoms with Crippen LogP contribution in [0.15, 0.2) is 288 Å². The van der Waals surface area contributed by atoms with E-state index >= 15 is 0 Å². The summed E-state index contributed by atoms with van der Waals surface area (Å²) in [6, 6.07) is 97.4. The molecule has 0 atom stereocenters. The molecule has 0 fully saturated rings. The molecule has 0 saturated heterocycles. The third kappa shape index (κ3) is 12.4. The zero-order valence-electron chi connectivity index (χ0n) is 68.3. The van der Waals surface area contributed by atoms with E-state index in [1.165, 1.54) is 192 Å². The van der Waals surface area contributed by atoms with Gasteiger partial charge in [0.15, 0.2) is 0 Å². The summed E-state index contributed by atoms with van der Waals surface area (Å²) in [5, 5.41) is 16.9. The third-order valence-corrected chi connectivity index (χ3v) is 27.3. The summed E-state index contributed by atoms with van der Waals surface area (Å²) in [6.07, 6.45) is 0. The number of para-hydroxylation sites is 8. The van der Waals surface area contributed by atoms with Crippen LogP contribution in [0.2, 0.25) is 0 Å². The number of anilines is 3. The summed E-state index contributed by atoms with van der Waals surface area (Å²) >= 11 is 5.42. The number of hydrogen-bond donors (Lipinski definition) is 0. The summed E-state index contributed by atoms with van der Waals surface area (Å²) in [5.41, 5.74) is 41.7. The van der Waals surface area contributed by atoms with Gasteiger partial charge < -0.3 is 23.5 Å². The van der Waals surface area contributed by atoms with E-state index in [1.54, 1.807) is 11.3 Å². The Kier molecular flexibility index (Phi) is 18.9. The summed E-state index contributed by atoms with van der Waals surface area (Å²) < 4.78 is 18.2. The summed E-state index contributed by atoms with van der Waals surface area (Å²) in [6.45, 7) is 32.1. The topological polar surface area (TPSA) is 31.6 Å². The molecule has 0 N–H and O–H groups in total. The molecule has 5 aromatic heterocycles. The fraction of sp³-hybridized carbons (Fsp3) is 0.143. The first-order valence-electron chi connectivity index (χ1n) is 40.5. The van der Waals surface area contributed by atoms with Crippen LogP contribution < -0.4 is 63.5 Å². The third-order valence-electron chi connectivity index (χ3n) is 24.8. The van der Waals surface area contributed by atoms with Crippen LogP contribution in [0.25, 0.3) is 65.4 Å². The van der Waals surface area contributed by atoms with Gasteiger partial charge in [0.1, 0.15) is 28.0 Å². The van der Waals surface area contributed by atoms with Crippen LogP contribution >= 0.6 is 34.0 Å². The maximum Gasteiger partial charge on any atom is 0.260 e. The fourth-order valence-corrected chi connectivity index (χ4v) is 23.1. The Labute approximate surface area is 695 Å². The molecule has 13 aromatic carbocycles. The number of aromatic nitrogens is 2. The van der Waals surface area contributed by atoms with Crippen LogP contribution in [0.4, 0.5) is 16.4 Å². The molecule has 5 nitrogen and oxygen atoms in total. The van der Waals surface area contributed by atoms with Crippen molar-refractivity contribution in [3.8, 4) is 44.8 Å². The Morgan fingerprint density at radius 1 is 0.328 bits per heavy atom. The second kappa shape index (κ2) is 29.5. The van der Waals surface area contributed by atoms with E-state index in [-0.39, 0.29) is 25.6 Å². The van der Waals surface area contributed by atoms with Crippen molar-refractivity contribution in [3.05, 3.63) is 366 Å². The van der Waals surface area contributed by atoms with Crippen LogP contribution in [-0.2, 0) is 5.41 Å². The van der Waals surface area contributed by atoms with Crippen LogP contribution in [0.1, 0.15) is 91.7 Å². The van der Waals surface area contributed by atoms with Gasteiger partial charge >= 0.3 is 0 Å². The molecule has 0 spiro atoms. The Morgan fingerprint density at radius 3 is 1.11 bits per heavy atom. The van der Waals surface area contributed by atoms with Gasteiger partial charge in [-0.25, -0.2) is 0 Å². The number of hydrogen-bond acceptors (Lipinski definition) is 6. The predicted molar refractivity (Wildman–Crippen MR) is 503 cm³/mol. The Bertz CT molecular complexity index is 6280. The minimum Gasteiger partial charge on any atom is -0.458 e. The molecule has 0 unspecified atom stereocenters. The fourth-order valence-electron chi connectivity index (χ4n) is 20.4. The molecule has 116 heavy (non-hydrogen) atoms. The van der Waals surface area contributed by atoms with E-state index in [0.717, 1.165) is 39.6 Å². The average molecular weight is 1550 g/mol. The van der Waals surface area contributed by atoms with E-state index in [1.807, 2.05) is 34.8 Å². The van der Waals surface area contributed by atoms with Gasteiger partial charge in [-0.05, 0) is 204 Å². The van der Waals surface area contributed by atoms with Crippen LogP contribution in [-0.4, -0.2) is 29.3 Å². The number of nitrogens with zero attached hydrogens (tertiary/aromatic N) is 3. The van der Waals surface area contributed by atoms with Crippen molar-refractivity contribution in [1.82, 2.24) is 9.13 Å². The van der Waals surface area contributed by atoms with E-state index in [9.17, 15) is 0 Å². The standard InChI is InChI=1S/C37H26BNO2S.2C34H32BNS/c1-37(2)25-11-3-7-15-29(25)39(30-16-8-4-12-26(30)37)36-24(19-20-42-36)23-21-33-35-34(22-23)41-32-18-10-6-14-28(32)38(35)27-13-5-9-17-31(27)40-33;1-21-15-23(3)33(24(4)16-21)35(34-25(5)17-22(2)18-26(34)6)29-19-37-20-32(29)36-30-13-9-7-11-27(30)28-12-8-10-14-31(28)36;1-21-17-23(3)32(24(4)18-21)35(33-25(5)19-22(2)20-26(33)6)29-15-16-37-34(29)36-30-13-9-7-11-27(30)28-12-8-10-14-31(28)36/h3-22H,1-2H3;2*7-20H,1-6H3. The zero-order chi connectivity index (χ0) is 79.7. The highest BCUT2D eigenvalue weighted by molar-refractivity contribution is 7.16. The van der Waals surface area contributed by atoms with Crippen molar-refractivity contribution in [2.45, 2.75) is 102 Å². The molecule has 8 heterocycles. The highest BCUT2D eigenvalue weighted by Gasteiger charge is 2.43. The minimum atomic E-state index is -0.103. The number of fused-ring (bicyclic) bond motifs is 12. The van der Waals surface area contributed by atoms with Crippen LogP contribution in [0.3, 0.4) is 0 Å². The van der Waals surface area contributed by atoms with E-state index < -0.39 is 0 Å². The lowest BCUT2D eigenvalue weighted by Crippen LogP contribution is -2.57. The van der Waals surface area contributed by atoms with Gasteiger partial charge in [-0.15, -0.1) is 22.7 Å². The lowest BCUT2D eigenvalue weighted by atomic mass is 9.34. The quantitative estimate of drug-likeness (QED) is 0.128. The molecule has 0 amide bonds. The molecule has 3 aliphatic heterocycles. The van der Waals surface area contributed by atoms with Crippen molar-refractivity contribution in [2.75, 3.05) is 4.90 Å². The molecule has 0 saturated carbocycles. The molecular formula is C105H90B3N3O2S3. The second-order valence-electron chi connectivity index (χ2n) is 33.0. The number of benzene rings is 13. The highest BCUT2D eigenvalue weighted by atomic mass is 32.1. The number of aryl methyl sites for hydroxylation is 12. The SMILES string of the molecule is CC1(C)c2ccccc2N(c2sccc2-c2cc3c4c(c2)Oc2ccccc2B4c2ccccc2O3)c2ccccc21.Cc1cc(C)c(B(c2ccsc2-n2c3ccccc3c3ccccc32)c2c(C)cc(C)cc2C)c(C)c1.Cc1cc(C)c(B(c2cscc2-n2c3ccccc3c3ccccc32)c2c(C)cc(C)cc2C)c(C)c1. The van der Waals surface area contributed by atoms with Crippen molar-refractivity contribution in [2.24, 2.45) is 0 Å². The van der Waals surface area contributed by atoms with Gasteiger partial charge in [0, 0.05) is 43.4 Å². The van der Waals surface area contributed by atoms with Gasteiger partial charge in [0.25, 0.3) is 6.71 Å². The predicted octanol–water partition coefficient (Wildman–Crippen LogP) is 22.7. The molecule has 11 heteroatoms. The number of ether oxygens (including phenoxy) is 2. The summed E-state index contributed by atoms with van der Waals surface area (Å²) in [4.78, 5) is 2.44. The van der Waals surface area contributed by atoms with E-state index in [2.05, 4.69) is 387 Å². The highest BCUT2D eigenvalue weighted by Crippen LogP contribution is 2.55. The van der Waals surface area contributed by atoms with Crippen LogP contribution in [0, 0.1) is 83.1 Å². The largest absolute Gasteiger partial charge is 0.458 e. The first-order chi connectivity index (χ1) is 56.3. The van der Waals surface area contributed by atoms with Crippen molar-refractivity contribution >= 4 is 163 Å². The van der Waals surface area contributed by atoms with Crippen LogP contribution in [0.5, 0.6) is 23.0 Å². The summed E-state index contributed by atoms with van der Waals surface area (Å²) in [7, 11) is 0. The first kappa shape index (κ1) is 74.3. The average Bonchev–Trinajstić information content (AvgIpc) is 1.29. The molecule has 0 aliphatic carbocycles. The lowest BCUT2D eigenvalue weighted by Gasteiger charge is -2.41. The van der Waals surface area contributed by atoms with Crippen molar-refractivity contribution < 1.29 is 9.47 Å². The normalized spacial score (nSPS) is 12.7. The van der Waals surface area contributed by atoms with E-state index in [0.29, 0.717) is 0 Å². The monoisotopic (exact) mass is 1550 g/mol. The maximum atomic E-state index is 6.61. The molecule has 21 rings (SSSR count). The van der Waals surface area contributed by atoms with Gasteiger partial charge in [0.2, 0.25) is 13.4 Å². The minimum absolute atomic E-state index is 0.0731. The Balaban J connectivity index is 0.000000117. The van der Waals surface area contributed by atoms with Gasteiger partial charge in [-0.3, -0.25) is 0 Å². The van der Waals surface area contributed by atoms with Gasteiger partial charge in [-0.1, -0.05) is 303 Å². The smallest absolute Gasteiger partial charge is 0.260 e. The molecule has 0 radical (unpaired) electrons. The Morgan fingerprint density at radius 2 is 0.681 bits per heavy atom. The van der Waals surface area contributed by atoms with E-state index in [4.69, 9.17) is 9.47 Å².